The van der Waals surface area contributed by atoms with Crippen LogP contribution in [0.2, 0.25) is 0 Å². The summed E-state index contributed by atoms with van der Waals surface area (Å²) >= 11 is 0. The maximum atomic E-state index is 11.1. The van der Waals surface area contributed by atoms with Crippen LogP contribution in [0.15, 0.2) is 30.5 Å². The number of ether oxygens (including phenoxy) is 2. The van der Waals surface area contributed by atoms with Gasteiger partial charge >= 0.3 is 0 Å². The molecular formula is C15H14N2O3. The van der Waals surface area contributed by atoms with E-state index in [4.69, 9.17) is 9.47 Å². The first-order valence-corrected chi connectivity index (χ1v) is 6.25. The second-order valence-electron chi connectivity index (χ2n) is 4.56. The average molecular weight is 270 g/mol. The summed E-state index contributed by atoms with van der Waals surface area (Å²) in [7, 11) is 1.64. The van der Waals surface area contributed by atoms with Gasteiger partial charge < -0.3 is 14.8 Å². The molecule has 1 aliphatic rings. The Balaban J connectivity index is 2.07. The fourth-order valence-electron chi connectivity index (χ4n) is 2.25. The summed E-state index contributed by atoms with van der Waals surface area (Å²) in [5, 5.41) is 2.68. The summed E-state index contributed by atoms with van der Waals surface area (Å²) in [6, 6.07) is 7.68. The number of pyridine rings is 1. The van der Waals surface area contributed by atoms with E-state index in [-0.39, 0.29) is 5.91 Å². The molecule has 1 amide bonds. The number of benzene rings is 1. The average Bonchev–Trinajstić information content (AvgIpc) is 2.45. The van der Waals surface area contributed by atoms with Crippen LogP contribution in [-0.2, 0) is 11.4 Å². The molecule has 0 saturated carbocycles. The molecule has 2 heterocycles. The van der Waals surface area contributed by atoms with Crippen LogP contribution >= 0.6 is 0 Å². The molecule has 0 saturated heterocycles. The Kier molecular flexibility index (Phi) is 3.02. The van der Waals surface area contributed by atoms with Crippen LogP contribution in [-0.4, -0.2) is 18.0 Å². The van der Waals surface area contributed by atoms with Gasteiger partial charge in [-0.3, -0.25) is 4.79 Å². The van der Waals surface area contributed by atoms with E-state index >= 15 is 0 Å². The highest BCUT2D eigenvalue weighted by Crippen LogP contribution is 2.39. The monoisotopic (exact) mass is 270 g/mol. The van der Waals surface area contributed by atoms with Gasteiger partial charge in [-0.1, -0.05) is 6.07 Å². The van der Waals surface area contributed by atoms with E-state index in [0.717, 1.165) is 28.2 Å². The molecule has 1 aromatic carbocycles. The van der Waals surface area contributed by atoms with Crippen LogP contribution in [0.25, 0.3) is 11.1 Å². The van der Waals surface area contributed by atoms with Gasteiger partial charge in [0.1, 0.15) is 23.9 Å². The summed E-state index contributed by atoms with van der Waals surface area (Å²) < 4.78 is 10.9. The molecule has 102 valence electrons. The lowest BCUT2D eigenvalue weighted by Crippen LogP contribution is -2.10. The SMILES string of the molecule is COc1ccc2c(c1)COc1cnc(NC(C)=O)cc1-2. The molecule has 0 spiro atoms. The number of amides is 1. The summed E-state index contributed by atoms with van der Waals surface area (Å²) in [6.07, 6.45) is 1.63. The van der Waals surface area contributed by atoms with E-state index in [1.807, 2.05) is 24.3 Å². The van der Waals surface area contributed by atoms with Crippen molar-refractivity contribution in [2.45, 2.75) is 13.5 Å². The first kappa shape index (κ1) is 12.5. The Labute approximate surface area is 116 Å². The van der Waals surface area contributed by atoms with Crippen LogP contribution in [0.4, 0.5) is 5.82 Å². The maximum absolute atomic E-state index is 11.1. The Bertz CT molecular complexity index is 683. The highest BCUT2D eigenvalue weighted by Gasteiger charge is 2.19. The lowest BCUT2D eigenvalue weighted by atomic mass is 9.98. The van der Waals surface area contributed by atoms with Crippen LogP contribution in [0.5, 0.6) is 11.5 Å². The van der Waals surface area contributed by atoms with Gasteiger partial charge in [0.05, 0.1) is 13.3 Å². The van der Waals surface area contributed by atoms with E-state index in [1.54, 1.807) is 13.3 Å². The second-order valence-corrected chi connectivity index (χ2v) is 4.56. The molecule has 2 aromatic rings. The first-order chi connectivity index (χ1) is 9.67. The van der Waals surface area contributed by atoms with Crippen molar-refractivity contribution in [2.24, 2.45) is 0 Å². The molecule has 0 aliphatic carbocycles. The Hall–Kier alpha value is -2.56. The number of anilines is 1. The zero-order chi connectivity index (χ0) is 14.1. The van der Waals surface area contributed by atoms with Crippen molar-refractivity contribution < 1.29 is 14.3 Å². The van der Waals surface area contributed by atoms with Crippen molar-refractivity contribution in [3.05, 3.63) is 36.0 Å². The molecule has 0 unspecified atom stereocenters. The van der Waals surface area contributed by atoms with Crippen LogP contribution in [0.1, 0.15) is 12.5 Å². The number of carbonyl (C=O) groups excluding carboxylic acids is 1. The topological polar surface area (TPSA) is 60.5 Å². The summed E-state index contributed by atoms with van der Waals surface area (Å²) in [4.78, 5) is 15.3. The summed E-state index contributed by atoms with van der Waals surface area (Å²) in [6.45, 7) is 1.94. The largest absolute Gasteiger partial charge is 0.497 e. The lowest BCUT2D eigenvalue weighted by Gasteiger charge is -2.21. The van der Waals surface area contributed by atoms with E-state index in [2.05, 4.69) is 10.3 Å². The molecule has 5 nitrogen and oxygen atoms in total. The van der Waals surface area contributed by atoms with Crippen LogP contribution in [0, 0.1) is 0 Å². The number of hydrogen-bond donors (Lipinski definition) is 1. The van der Waals surface area contributed by atoms with E-state index in [9.17, 15) is 4.79 Å². The van der Waals surface area contributed by atoms with Crippen LogP contribution in [0.3, 0.4) is 0 Å². The fourth-order valence-corrected chi connectivity index (χ4v) is 2.25. The Morgan fingerprint density at radius 3 is 2.95 bits per heavy atom. The maximum Gasteiger partial charge on any atom is 0.222 e. The molecular weight excluding hydrogens is 256 g/mol. The number of aromatic nitrogens is 1. The van der Waals surface area contributed by atoms with Gasteiger partial charge in [-0.25, -0.2) is 4.98 Å². The van der Waals surface area contributed by atoms with Gasteiger partial charge in [0, 0.05) is 18.1 Å². The van der Waals surface area contributed by atoms with Gasteiger partial charge in [0.25, 0.3) is 0 Å². The lowest BCUT2D eigenvalue weighted by molar-refractivity contribution is -0.114. The third kappa shape index (κ3) is 2.18. The summed E-state index contributed by atoms with van der Waals surface area (Å²) in [5.41, 5.74) is 3.05. The molecule has 0 bridgehead atoms. The Morgan fingerprint density at radius 1 is 1.35 bits per heavy atom. The van der Waals surface area contributed by atoms with E-state index < -0.39 is 0 Å². The number of nitrogens with one attached hydrogen (secondary N) is 1. The number of methoxy groups -OCH3 is 1. The minimum atomic E-state index is -0.149. The number of fused-ring (bicyclic) bond motifs is 3. The van der Waals surface area contributed by atoms with Crippen molar-refractivity contribution in [3.63, 3.8) is 0 Å². The number of carbonyl (C=O) groups is 1. The number of hydrogen-bond acceptors (Lipinski definition) is 4. The minimum Gasteiger partial charge on any atom is -0.497 e. The predicted molar refractivity (Wildman–Crippen MR) is 74.9 cm³/mol. The predicted octanol–water partition coefficient (Wildman–Crippen LogP) is 2.61. The molecule has 0 atom stereocenters. The third-order valence-corrected chi connectivity index (χ3v) is 3.16. The van der Waals surface area contributed by atoms with E-state index in [0.29, 0.717) is 12.4 Å². The fraction of sp³-hybridized carbons (Fsp3) is 0.200. The van der Waals surface area contributed by atoms with Gasteiger partial charge in [-0.15, -0.1) is 0 Å². The first-order valence-electron chi connectivity index (χ1n) is 6.25. The third-order valence-electron chi connectivity index (χ3n) is 3.16. The highest BCUT2D eigenvalue weighted by atomic mass is 16.5. The molecule has 1 aliphatic heterocycles. The molecule has 5 heteroatoms. The van der Waals surface area contributed by atoms with Crippen molar-refractivity contribution in [3.8, 4) is 22.6 Å². The number of nitrogens with zero attached hydrogens (tertiary/aromatic N) is 1. The van der Waals surface area contributed by atoms with Crippen molar-refractivity contribution in [2.75, 3.05) is 12.4 Å². The highest BCUT2D eigenvalue weighted by molar-refractivity contribution is 5.89. The minimum absolute atomic E-state index is 0.149. The van der Waals surface area contributed by atoms with Crippen molar-refractivity contribution >= 4 is 11.7 Å². The molecule has 1 N–H and O–H groups in total. The normalized spacial score (nSPS) is 11.9. The van der Waals surface area contributed by atoms with E-state index in [1.165, 1.54) is 6.92 Å². The molecule has 0 fully saturated rings. The van der Waals surface area contributed by atoms with Crippen molar-refractivity contribution in [1.82, 2.24) is 4.98 Å². The summed E-state index contributed by atoms with van der Waals surface area (Å²) in [5.74, 6) is 1.89. The molecule has 0 radical (unpaired) electrons. The van der Waals surface area contributed by atoms with Gasteiger partial charge in [-0.05, 0) is 23.8 Å². The Morgan fingerprint density at radius 2 is 2.20 bits per heavy atom. The second kappa shape index (κ2) is 4.85. The zero-order valence-electron chi connectivity index (χ0n) is 11.3. The number of rotatable bonds is 2. The van der Waals surface area contributed by atoms with Gasteiger partial charge in [0.2, 0.25) is 5.91 Å². The zero-order valence-corrected chi connectivity index (χ0v) is 11.3. The quantitative estimate of drug-likeness (QED) is 0.911. The van der Waals surface area contributed by atoms with Gasteiger partial charge in [0.15, 0.2) is 0 Å². The van der Waals surface area contributed by atoms with Crippen molar-refractivity contribution in [1.29, 1.82) is 0 Å². The smallest absolute Gasteiger partial charge is 0.222 e. The van der Waals surface area contributed by atoms with Gasteiger partial charge in [-0.2, -0.15) is 0 Å². The molecule has 1 aromatic heterocycles. The molecule has 3 rings (SSSR count). The molecule has 20 heavy (non-hydrogen) atoms. The standard InChI is InChI=1S/C15H14N2O3/c1-9(18)17-15-6-13-12-4-3-11(19-2)5-10(12)8-20-14(13)7-16-15/h3-7H,8H2,1-2H3,(H,16,17,18). The van der Waals surface area contributed by atoms with Crippen LogP contribution < -0.4 is 14.8 Å².